The van der Waals surface area contributed by atoms with Gasteiger partial charge in [-0.1, -0.05) is 0 Å². The van der Waals surface area contributed by atoms with E-state index in [9.17, 15) is 14.4 Å². The molecule has 3 N–H and O–H groups in total. The van der Waals surface area contributed by atoms with Crippen molar-refractivity contribution in [2.24, 2.45) is 7.05 Å². The lowest BCUT2D eigenvalue weighted by Gasteiger charge is -2.13. The summed E-state index contributed by atoms with van der Waals surface area (Å²) in [5.74, 6) is -0.329. The quantitative estimate of drug-likeness (QED) is 0.369. The van der Waals surface area contributed by atoms with Gasteiger partial charge in [-0.05, 0) is 51.5 Å². The zero-order valence-corrected chi connectivity index (χ0v) is 19.9. The normalized spacial score (nSPS) is 11.1. The number of hydrogen-bond donors (Lipinski definition) is 3. The number of carbonyl (C=O) groups is 2. The molecule has 0 aliphatic carbocycles. The van der Waals surface area contributed by atoms with Crippen LogP contribution in [0.5, 0.6) is 0 Å². The highest BCUT2D eigenvalue weighted by atomic mass is 32.1. The van der Waals surface area contributed by atoms with Gasteiger partial charge in [0.1, 0.15) is 11.2 Å². The number of carbonyl (C=O) groups excluding carboxylic acids is 2. The van der Waals surface area contributed by atoms with Crippen LogP contribution < -0.4 is 16.2 Å². The second-order valence-electron chi connectivity index (χ2n) is 7.91. The van der Waals surface area contributed by atoms with Gasteiger partial charge in [0.2, 0.25) is 0 Å². The fraction of sp³-hybridized carbons (Fsp3) is 0.250. The van der Waals surface area contributed by atoms with Gasteiger partial charge in [0, 0.05) is 36.9 Å². The number of thiophene rings is 1. The van der Waals surface area contributed by atoms with Crippen LogP contribution in [0.4, 0.5) is 11.4 Å². The largest absolute Gasteiger partial charge is 0.353 e. The molecule has 0 atom stereocenters. The van der Waals surface area contributed by atoms with Crippen molar-refractivity contribution >= 4 is 45.3 Å². The number of Topliss-reactive ketones (excluding diaryl/α,β-unsaturated/α-hetero) is 1. The summed E-state index contributed by atoms with van der Waals surface area (Å²) in [4.78, 5) is 46.2. The van der Waals surface area contributed by atoms with E-state index in [-0.39, 0.29) is 17.2 Å². The Labute approximate surface area is 194 Å². The Bertz CT molecular complexity index is 1440. The predicted molar refractivity (Wildman–Crippen MR) is 132 cm³/mol. The molecule has 0 aliphatic rings. The predicted octanol–water partition coefficient (Wildman–Crippen LogP) is 4.30. The number of aryl methyl sites for hydroxylation is 3. The van der Waals surface area contributed by atoms with Crippen LogP contribution in [-0.2, 0) is 7.05 Å². The molecular weight excluding hydrogens is 438 g/mol. The van der Waals surface area contributed by atoms with Gasteiger partial charge in [-0.3, -0.25) is 19.4 Å². The zero-order chi connectivity index (χ0) is 23.9. The highest BCUT2D eigenvalue weighted by Gasteiger charge is 2.21. The first kappa shape index (κ1) is 22.5. The number of rotatable bonds is 6. The molecular formula is C24H25N5O3S. The van der Waals surface area contributed by atoms with Crippen LogP contribution in [0.15, 0.2) is 35.4 Å². The molecule has 0 unspecified atom stereocenters. The SMILES string of the molecule is CCNC(=O)c1cc2c(-c3sc(C(C)=O)cc3Nc3c(C)ccnc3C)cn(C)c(=O)c2[nH]1. The maximum Gasteiger partial charge on any atom is 0.274 e. The first-order chi connectivity index (χ1) is 15.7. The molecule has 8 nitrogen and oxygen atoms in total. The van der Waals surface area contributed by atoms with Crippen molar-refractivity contribution in [1.29, 1.82) is 0 Å². The summed E-state index contributed by atoms with van der Waals surface area (Å²) in [7, 11) is 1.67. The van der Waals surface area contributed by atoms with E-state index in [0.29, 0.717) is 28.0 Å². The monoisotopic (exact) mass is 463 g/mol. The van der Waals surface area contributed by atoms with E-state index < -0.39 is 0 Å². The van der Waals surface area contributed by atoms with E-state index in [4.69, 9.17) is 0 Å². The average molecular weight is 464 g/mol. The van der Waals surface area contributed by atoms with Gasteiger partial charge in [-0.25, -0.2) is 0 Å². The molecule has 0 aliphatic heterocycles. The van der Waals surface area contributed by atoms with Gasteiger partial charge >= 0.3 is 0 Å². The number of nitrogens with one attached hydrogen (secondary N) is 3. The minimum atomic E-state index is -0.280. The lowest BCUT2D eigenvalue weighted by molar-refractivity contribution is 0.0950. The van der Waals surface area contributed by atoms with E-state index in [1.807, 2.05) is 32.9 Å². The molecule has 0 bridgehead atoms. The summed E-state index contributed by atoms with van der Waals surface area (Å²) >= 11 is 1.35. The Balaban J connectivity index is 1.96. The number of pyridine rings is 2. The van der Waals surface area contributed by atoms with Crippen molar-refractivity contribution in [3.63, 3.8) is 0 Å². The van der Waals surface area contributed by atoms with Gasteiger partial charge in [-0.2, -0.15) is 0 Å². The minimum Gasteiger partial charge on any atom is -0.353 e. The van der Waals surface area contributed by atoms with Crippen molar-refractivity contribution in [2.75, 3.05) is 11.9 Å². The third-order valence-corrected chi connectivity index (χ3v) is 6.75. The third kappa shape index (κ3) is 4.07. The molecule has 4 aromatic rings. The summed E-state index contributed by atoms with van der Waals surface area (Å²) in [6.07, 6.45) is 3.49. The van der Waals surface area contributed by atoms with Crippen molar-refractivity contribution in [2.45, 2.75) is 27.7 Å². The maximum absolute atomic E-state index is 12.8. The number of amides is 1. The van der Waals surface area contributed by atoms with Crippen molar-refractivity contribution < 1.29 is 9.59 Å². The van der Waals surface area contributed by atoms with Gasteiger partial charge < -0.3 is 20.2 Å². The first-order valence-corrected chi connectivity index (χ1v) is 11.4. The lowest BCUT2D eigenvalue weighted by atomic mass is 10.1. The van der Waals surface area contributed by atoms with E-state index >= 15 is 0 Å². The maximum atomic E-state index is 12.8. The Kier molecular flexibility index (Phi) is 5.90. The molecule has 0 fully saturated rings. The Hall–Kier alpha value is -3.72. The van der Waals surface area contributed by atoms with E-state index in [0.717, 1.165) is 33.1 Å². The summed E-state index contributed by atoms with van der Waals surface area (Å²) in [5.41, 5.74) is 4.63. The summed E-state index contributed by atoms with van der Waals surface area (Å²) in [6, 6.07) is 5.43. The highest BCUT2D eigenvalue weighted by Crippen LogP contribution is 2.41. The molecule has 0 spiro atoms. The second-order valence-corrected chi connectivity index (χ2v) is 8.97. The second kappa shape index (κ2) is 8.67. The minimum absolute atomic E-state index is 0.0490. The number of fused-ring (bicyclic) bond motifs is 1. The molecule has 4 heterocycles. The fourth-order valence-corrected chi connectivity index (χ4v) is 4.80. The van der Waals surface area contributed by atoms with Crippen LogP contribution >= 0.6 is 11.3 Å². The van der Waals surface area contributed by atoms with Crippen LogP contribution in [0.25, 0.3) is 21.3 Å². The molecule has 0 aromatic carbocycles. The molecule has 170 valence electrons. The third-order valence-electron chi connectivity index (χ3n) is 5.48. The number of nitrogens with zero attached hydrogens (tertiary/aromatic N) is 2. The van der Waals surface area contributed by atoms with Crippen molar-refractivity contribution in [3.8, 4) is 10.4 Å². The molecule has 4 aromatic heterocycles. The molecule has 33 heavy (non-hydrogen) atoms. The van der Waals surface area contributed by atoms with Crippen LogP contribution in [0, 0.1) is 13.8 Å². The van der Waals surface area contributed by atoms with E-state index in [1.165, 1.54) is 22.8 Å². The number of aromatic nitrogens is 3. The number of hydrogen-bond acceptors (Lipinski definition) is 6. The topological polar surface area (TPSA) is 109 Å². The fourth-order valence-electron chi connectivity index (χ4n) is 3.77. The summed E-state index contributed by atoms with van der Waals surface area (Å²) < 4.78 is 1.48. The molecule has 4 rings (SSSR count). The highest BCUT2D eigenvalue weighted by molar-refractivity contribution is 7.18. The zero-order valence-electron chi connectivity index (χ0n) is 19.1. The van der Waals surface area contributed by atoms with Crippen LogP contribution in [-0.4, -0.2) is 32.8 Å². The van der Waals surface area contributed by atoms with E-state index in [2.05, 4.69) is 20.6 Å². The van der Waals surface area contributed by atoms with Gasteiger partial charge in [0.15, 0.2) is 5.78 Å². The van der Waals surface area contributed by atoms with Crippen molar-refractivity contribution in [1.82, 2.24) is 19.9 Å². The molecule has 0 radical (unpaired) electrons. The number of aromatic amines is 1. The number of anilines is 2. The molecule has 0 saturated carbocycles. The van der Waals surface area contributed by atoms with Gasteiger partial charge in [-0.15, -0.1) is 11.3 Å². The van der Waals surface area contributed by atoms with Crippen molar-refractivity contribution in [3.05, 3.63) is 62.8 Å². The van der Waals surface area contributed by atoms with Crippen LogP contribution in [0.3, 0.4) is 0 Å². The smallest absolute Gasteiger partial charge is 0.274 e. The van der Waals surface area contributed by atoms with Crippen LogP contribution in [0.1, 0.15) is 45.3 Å². The Morgan fingerprint density at radius 1 is 1.24 bits per heavy atom. The molecule has 9 heteroatoms. The number of H-pyrrole nitrogens is 1. The number of ketones is 1. The van der Waals surface area contributed by atoms with Gasteiger partial charge in [0.25, 0.3) is 11.5 Å². The summed E-state index contributed by atoms with van der Waals surface area (Å²) in [6.45, 7) is 7.75. The lowest BCUT2D eigenvalue weighted by Crippen LogP contribution is -2.23. The Morgan fingerprint density at radius 2 is 2.00 bits per heavy atom. The molecule has 1 amide bonds. The average Bonchev–Trinajstić information content (AvgIpc) is 3.39. The Morgan fingerprint density at radius 3 is 2.67 bits per heavy atom. The first-order valence-electron chi connectivity index (χ1n) is 10.6. The summed E-state index contributed by atoms with van der Waals surface area (Å²) in [5, 5.41) is 6.83. The standard InChI is InChI=1S/C24H25N5O3S/c1-6-25-23(31)18-9-15-16(11-29(5)24(32)21(15)28-18)22-17(10-19(33-22)14(4)30)27-20-12(2)7-8-26-13(20)3/h7-11,27-28H,6H2,1-5H3,(H,25,31). The van der Waals surface area contributed by atoms with Crippen LogP contribution in [0.2, 0.25) is 0 Å². The molecule has 0 saturated heterocycles. The van der Waals surface area contributed by atoms with Gasteiger partial charge in [0.05, 0.1) is 26.8 Å². The van der Waals surface area contributed by atoms with E-state index in [1.54, 1.807) is 25.5 Å².